The number of amides is 2. The highest BCUT2D eigenvalue weighted by Gasteiger charge is 2.55. The van der Waals surface area contributed by atoms with E-state index in [-0.39, 0.29) is 27.4 Å². The Hall–Kier alpha value is -2.94. The van der Waals surface area contributed by atoms with E-state index in [1.807, 2.05) is 13.8 Å². The van der Waals surface area contributed by atoms with Crippen molar-refractivity contribution in [3.63, 3.8) is 0 Å². The normalized spacial score (nSPS) is 21.2. The smallest absolute Gasteiger partial charge is 0.351 e. The lowest BCUT2D eigenvalue weighted by Gasteiger charge is -2.38. The van der Waals surface area contributed by atoms with Gasteiger partial charge in [0.1, 0.15) is 18.2 Å². The van der Waals surface area contributed by atoms with E-state index in [1.54, 1.807) is 37.4 Å². The van der Waals surface area contributed by atoms with Gasteiger partial charge in [-0.1, -0.05) is 13.0 Å². The first-order valence-electron chi connectivity index (χ1n) is 9.87. The Balaban J connectivity index is 2.08. The largest absolute Gasteiger partial charge is 0.504 e. The van der Waals surface area contributed by atoms with Gasteiger partial charge >= 0.3 is 5.91 Å². The number of aliphatic hydroxyl groups is 2. The van der Waals surface area contributed by atoms with Crippen molar-refractivity contribution in [2.45, 2.75) is 32.5 Å². The fourth-order valence-electron chi connectivity index (χ4n) is 4.20. The standard InChI is InChI=1S/C22H26N2O6/c1-4-16(13-9-10-17(26)18(11-13)30-5-2)24(3)21(28)14-7-6-8-15(20(14)22(24)29)23-19(27)12-25/h6-11,16,21,25,28H,4-5,12H2,1-3H3,(H-,23,26,27,29)/p+1. The zero-order chi connectivity index (χ0) is 22.1. The Morgan fingerprint density at radius 2 is 2.00 bits per heavy atom. The number of carbonyl (C=O) groups is 2. The van der Waals surface area contributed by atoms with Crippen LogP contribution in [0, 0.1) is 0 Å². The number of phenolic OH excluding ortho intramolecular Hbond substituents is 1. The van der Waals surface area contributed by atoms with Crippen molar-refractivity contribution in [2.75, 3.05) is 25.6 Å². The molecule has 0 spiro atoms. The molecule has 0 fully saturated rings. The Morgan fingerprint density at radius 1 is 1.27 bits per heavy atom. The molecule has 1 heterocycles. The van der Waals surface area contributed by atoms with E-state index >= 15 is 0 Å². The lowest BCUT2D eigenvalue weighted by molar-refractivity contribution is -0.911. The fraction of sp³-hybridized carbons (Fsp3) is 0.364. The number of quaternary nitrogens is 1. The van der Waals surface area contributed by atoms with E-state index in [0.717, 1.165) is 5.56 Å². The van der Waals surface area contributed by atoms with Gasteiger partial charge in [-0.3, -0.25) is 4.79 Å². The highest BCUT2D eigenvalue weighted by atomic mass is 16.5. The topological polar surface area (TPSA) is 116 Å². The molecule has 160 valence electrons. The summed E-state index contributed by atoms with van der Waals surface area (Å²) < 4.78 is 5.14. The number of carbonyl (C=O) groups excluding carboxylic acids is 2. The summed E-state index contributed by atoms with van der Waals surface area (Å²) in [6, 6.07) is 9.36. The van der Waals surface area contributed by atoms with E-state index in [4.69, 9.17) is 9.84 Å². The van der Waals surface area contributed by atoms with Crippen molar-refractivity contribution < 1.29 is 34.1 Å². The summed E-state index contributed by atoms with van der Waals surface area (Å²) >= 11 is 0. The molecule has 1 aliphatic rings. The summed E-state index contributed by atoms with van der Waals surface area (Å²) in [5.74, 6) is -0.666. The maximum atomic E-state index is 13.6. The maximum absolute atomic E-state index is 13.6. The van der Waals surface area contributed by atoms with Gasteiger partial charge in [0.15, 0.2) is 11.5 Å². The molecule has 3 atom stereocenters. The van der Waals surface area contributed by atoms with Crippen LogP contribution in [0.25, 0.3) is 0 Å². The summed E-state index contributed by atoms with van der Waals surface area (Å²) in [6.45, 7) is 3.39. The minimum absolute atomic E-state index is 0.00342. The van der Waals surface area contributed by atoms with Crippen molar-refractivity contribution >= 4 is 17.5 Å². The number of anilines is 1. The van der Waals surface area contributed by atoms with Crippen molar-refractivity contribution in [3.05, 3.63) is 53.1 Å². The van der Waals surface area contributed by atoms with Crippen molar-refractivity contribution in [1.82, 2.24) is 0 Å². The van der Waals surface area contributed by atoms with Crippen LogP contribution >= 0.6 is 0 Å². The van der Waals surface area contributed by atoms with Crippen LogP contribution in [0.1, 0.15) is 54.0 Å². The maximum Gasteiger partial charge on any atom is 0.351 e. The van der Waals surface area contributed by atoms with Crippen LogP contribution in [0.15, 0.2) is 36.4 Å². The predicted molar refractivity (Wildman–Crippen MR) is 110 cm³/mol. The first-order chi connectivity index (χ1) is 14.3. The number of fused-ring (bicyclic) bond motifs is 1. The number of rotatable bonds is 7. The van der Waals surface area contributed by atoms with Crippen LogP contribution in [-0.2, 0) is 4.79 Å². The Morgan fingerprint density at radius 3 is 2.63 bits per heavy atom. The van der Waals surface area contributed by atoms with Crippen molar-refractivity contribution in [3.8, 4) is 11.5 Å². The van der Waals surface area contributed by atoms with Crippen LogP contribution in [0.4, 0.5) is 5.69 Å². The molecular formula is C22H27N2O6+. The summed E-state index contributed by atoms with van der Waals surface area (Å²) in [4.78, 5) is 25.3. The summed E-state index contributed by atoms with van der Waals surface area (Å²) in [5, 5.41) is 32.8. The van der Waals surface area contributed by atoms with E-state index < -0.39 is 24.8 Å². The highest BCUT2D eigenvalue weighted by molar-refractivity contribution is 6.04. The number of ether oxygens (including phenoxy) is 1. The monoisotopic (exact) mass is 415 g/mol. The first-order valence-corrected chi connectivity index (χ1v) is 9.87. The second kappa shape index (κ2) is 8.43. The average molecular weight is 415 g/mol. The SMILES string of the molecule is CCOc1cc(C(CC)[N+]2(C)C(=O)c3c(NC(=O)CO)cccc3C2O)ccc1O. The Kier molecular flexibility index (Phi) is 6.12. The number of hydrogen-bond donors (Lipinski definition) is 4. The fourth-order valence-corrected chi connectivity index (χ4v) is 4.20. The summed E-state index contributed by atoms with van der Waals surface area (Å²) in [6.07, 6.45) is -0.616. The second-order valence-electron chi connectivity index (χ2n) is 7.39. The number of hydrogen-bond acceptors (Lipinski definition) is 6. The predicted octanol–water partition coefficient (Wildman–Crippen LogP) is 2.46. The van der Waals surface area contributed by atoms with Crippen LogP contribution in [-0.4, -0.2) is 51.9 Å². The molecule has 2 aromatic rings. The molecule has 0 aromatic heterocycles. The molecule has 2 aromatic carbocycles. The van der Waals surface area contributed by atoms with Crippen molar-refractivity contribution in [2.24, 2.45) is 0 Å². The quantitative estimate of drug-likeness (QED) is 0.516. The molecule has 3 unspecified atom stereocenters. The minimum atomic E-state index is -1.15. The molecular weight excluding hydrogens is 388 g/mol. The van der Waals surface area contributed by atoms with Gasteiger partial charge in [0.2, 0.25) is 12.1 Å². The Bertz CT molecular complexity index is 976. The number of aliphatic hydroxyl groups excluding tert-OH is 2. The molecule has 2 amide bonds. The highest BCUT2D eigenvalue weighted by Crippen LogP contribution is 2.48. The number of phenols is 1. The van der Waals surface area contributed by atoms with Gasteiger partial charge in [0.25, 0.3) is 0 Å². The second-order valence-corrected chi connectivity index (χ2v) is 7.39. The van der Waals surface area contributed by atoms with Crippen LogP contribution < -0.4 is 10.1 Å². The number of aromatic hydroxyl groups is 1. The molecule has 0 aliphatic carbocycles. The van der Waals surface area contributed by atoms with Gasteiger partial charge < -0.3 is 25.4 Å². The van der Waals surface area contributed by atoms with E-state index in [2.05, 4.69) is 5.32 Å². The zero-order valence-corrected chi connectivity index (χ0v) is 17.3. The van der Waals surface area contributed by atoms with Crippen LogP contribution in [0.2, 0.25) is 0 Å². The molecule has 8 heteroatoms. The lowest BCUT2D eigenvalue weighted by atomic mass is 9.99. The van der Waals surface area contributed by atoms with Gasteiger partial charge in [-0.2, -0.15) is 0 Å². The third-order valence-corrected chi connectivity index (χ3v) is 5.65. The molecule has 0 bridgehead atoms. The van der Waals surface area contributed by atoms with Gasteiger partial charge in [0.05, 0.1) is 24.9 Å². The number of nitrogens with one attached hydrogen (secondary N) is 1. The van der Waals surface area contributed by atoms with Gasteiger partial charge in [-0.15, -0.1) is 0 Å². The molecule has 4 N–H and O–H groups in total. The van der Waals surface area contributed by atoms with Gasteiger partial charge in [-0.05, 0) is 37.3 Å². The molecule has 30 heavy (non-hydrogen) atoms. The summed E-state index contributed by atoms with van der Waals surface area (Å²) in [7, 11) is 1.66. The van der Waals surface area contributed by atoms with Crippen LogP contribution in [0.5, 0.6) is 11.5 Å². The summed E-state index contributed by atoms with van der Waals surface area (Å²) in [5.41, 5.74) is 1.65. The third-order valence-electron chi connectivity index (χ3n) is 5.65. The molecule has 1 aliphatic heterocycles. The molecule has 0 saturated carbocycles. The van der Waals surface area contributed by atoms with Crippen molar-refractivity contribution in [1.29, 1.82) is 0 Å². The van der Waals surface area contributed by atoms with E-state index in [1.165, 1.54) is 6.07 Å². The number of benzene rings is 2. The van der Waals surface area contributed by atoms with Gasteiger partial charge in [-0.25, -0.2) is 9.28 Å². The zero-order valence-electron chi connectivity index (χ0n) is 17.3. The minimum Gasteiger partial charge on any atom is -0.504 e. The van der Waals surface area contributed by atoms with E-state index in [9.17, 15) is 19.8 Å². The Labute approximate surface area is 174 Å². The number of nitrogens with zero attached hydrogens (tertiary/aromatic N) is 1. The molecule has 0 saturated heterocycles. The van der Waals surface area contributed by atoms with Crippen LogP contribution in [0.3, 0.4) is 0 Å². The van der Waals surface area contributed by atoms with E-state index in [0.29, 0.717) is 24.3 Å². The first kappa shape index (κ1) is 21.8. The molecule has 0 radical (unpaired) electrons. The molecule has 8 nitrogen and oxygen atoms in total. The van der Waals surface area contributed by atoms with Gasteiger partial charge in [0, 0.05) is 12.0 Å². The average Bonchev–Trinajstić information content (AvgIpc) is 2.93. The third kappa shape index (κ3) is 3.43. The lowest BCUT2D eigenvalue weighted by Crippen LogP contribution is -2.50. The molecule has 3 rings (SSSR count).